The number of hydrogen-bond acceptors (Lipinski definition) is 2. The van der Waals surface area contributed by atoms with Crippen LogP contribution in [0.15, 0.2) is 18.5 Å². The molecule has 0 N–H and O–H groups in total. The molecule has 0 unspecified atom stereocenters. The topological polar surface area (TPSA) is 30.0 Å². The number of aldehydes is 1. The predicted molar refractivity (Wildman–Crippen MR) is 46.8 cm³/mol. The van der Waals surface area contributed by atoms with Crippen molar-refractivity contribution in [3.8, 4) is 11.8 Å². The van der Waals surface area contributed by atoms with Crippen molar-refractivity contribution in [2.24, 2.45) is 0 Å². The number of halogens is 1. The maximum Gasteiger partial charge on any atom is 0.131 e. The molecule has 12 heavy (non-hydrogen) atoms. The number of nitrogens with zero attached hydrogens (tertiary/aromatic N) is 1. The lowest BCUT2D eigenvalue weighted by Crippen LogP contribution is -1.78. The van der Waals surface area contributed by atoms with Gasteiger partial charge in [-0.15, -0.1) is 0 Å². The van der Waals surface area contributed by atoms with Crippen LogP contribution in [0.2, 0.25) is 5.02 Å². The molecule has 0 aliphatic heterocycles. The second-order valence-electron chi connectivity index (χ2n) is 2.03. The Morgan fingerprint density at radius 1 is 1.67 bits per heavy atom. The van der Waals surface area contributed by atoms with Crippen LogP contribution in [0.1, 0.15) is 12.0 Å². The van der Waals surface area contributed by atoms with E-state index in [0.29, 0.717) is 10.6 Å². The molecular formula is C9H6ClNO. The van der Waals surface area contributed by atoms with Crippen molar-refractivity contribution in [1.29, 1.82) is 0 Å². The van der Waals surface area contributed by atoms with Crippen molar-refractivity contribution >= 4 is 17.9 Å². The molecule has 60 valence electrons. The fraction of sp³-hybridized carbons (Fsp3) is 0.111. The minimum Gasteiger partial charge on any atom is -0.302 e. The number of carbonyl (C=O) groups excluding carboxylic acids is 1. The van der Waals surface area contributed by atoms with E-state index in [-0.39, 0.29) is 6.42 Å². The summed E-state index contributed by atoms with van der Waals surface area (Å²) in [5, 5.41) is 0.510. The van der Waals surface area contributed by atoms with Gasteiger partial charge in [0.25, 0.3) is 0 Å². The summed E-state index contributed by atoms with van der Waals surface area (Å²) in [7, 11) is 0. The van der Waals surface area contributed by atoms with Gasteiger partial charge in [-0.25, -0.2) is 0 Å². The largest absolute Gasteiger partial charge is 0.302 e. The van der Waals surface area contributed by atoms with Crippen molar-refractivity contribution < 1.29 is 4.79 Å². The summed E-state index contributed by atoms with van der Waals surface area (Å²) in [6.45, 7) is 0. The summed E-state index contributed by atoms with van der Waals surface area (Å²) in [4.78, 5) is 13.7. The van der Waals surface area contributed by atoms with Crippen LogP contribution in [-0.2, 0) is 4.79 Å². The highest BCUT2D eigenvalue weighted by Crippen LogP contribution is 2.11. The second-order valence-corrected chi connectivity index (χ2v) is 2.44. The molecule has 0 saturated carbocycles. The third-order valence-electron chi connectivity index (χ3n) is 1.18. The van der Waals surface area contributed by atoms with Crippen LogP contribution in [-0.4, -0.2) is 11.3 Å². The van der Waals surface area contributed by atoms with E-state index in [2.05, 4.69) is 16.8 Å². The van der Waals surface area contributed by atoms with Crippen molar-refractivity contribution in [3.05, 3.63) is 29.0 Å². The third kappa shape index (κ3) is 2.37. The van der Waals surface area contributed by atoms with Gasteiger partial charge in [-0.1, -0.05) is 23.4 Å². The van der Waals surface area contributed by atoms with E-state index < -0.39 is 0 Å². The smallest absolute Gasteiger partial charge is 0.131 e. The molecule has 1 aromatic heterocycles. The van der Waals surface area contributed by atoms with Gasteiger partial charge in [0.15, 0.2) is 0 Å². The first-order valence-corrected chi connectivity index (χ1v) is 3.74. The van der Waals surface area contributed by atoms with Crippen LogP contribution in [0.4, 0.5) is 0 Å². The van der Waals surface area contributed by atoms with E-state index in [9.17, 15) is 4.79 Å². The molecule has 0 radical (unpaired) electrons. The van der Waals surface area contributed by atoms with E-state index in [0.717, 1.165) is 6.29 Å². The normalized spacial score (nSPS) is 8.42. The quantitative estimate of drug-likeness (QED) is 0.485. The first-order valence-electron chi connectivity index (χ1n) is 3.36. The zero-order chi connectivity index (χ0) is 8.81. The Bertz CT molecular complexity index is 338. The SMILES string of the molecule is O=CCC#Cc1ccncc1Cl. The Labute approximate surface area is 75.6 Å². The van der Waals surface area contributed by atoms with Gasteiger partial charge in [0, 0.05) is 18.0 Å². The standard InChI is InChI=1S/C9H6ClNO/c10-9-7-11-5-4-8(9)3-1-2-6-12/h4-7H,2H2. The minimum absolute atomic E-state index is 0.235. The summed E-state index contributed by atoms with van der Waals surface area (Å²) in [6, 6.07) is 1.71. The Morgan fingerprint density at radius 3 is 3.17 bits per heavy atom. The van der Waals surface area contributed by atoms with E-state index >= 15 is 0 Å². The van der Waals surface area contributed by atoms with Crippen molar-refractivity contribution in [3.63, 3.8) is 0 Å². The molecule has 1 heterocycles. The van der Waals surface area contributed by atoms with Crippen LogP contribution >= 0.6 is 11.6 Å². The average molecular weight is 180 g/mol. The summed E-state index contributed by atoms with van der Waals surface area (Å²) < 4.78 is 0. The fourth-order valence-corrected chi connectivity index (χ4v) is 0.831. The van der Waals surface area contributed by atoms with Crippen LogP contribution in [0.5, 0.6) is 0 Å². The van der Waals surface area contributed by atoms with E-state index in [1.54, 1.807) is 12.3 Å². The highest BCUT2D eigenvalue weighted by atomic mass is 35.5. The highest BCUT2D eigenvalue weighted by Gasteiger charge is 1.92. The molecule has 0 atom stereocenters. The number of hydrogen-bond donors (Lipinski definition) is 0. The van der Waals surface area contributed by atoms with Crippen LogP contribution in [0.3, 0.4) is 0 Å². The molecule has 0 amide bonds. The predicted octanol–water partition coefficient (Wildman–Crippen LogP) is 1.68. The van der Waals surface area contributed by atoms with Crippen LogP contribution in [0.25, 0.3) is 0 Å². The van der Waals surface area contributed by atoms with Gasteiger partial charge in [0.2, 0.25) is 0 Å². The lowest BCUT2D eigenvalue weighted by atomic mass is 10.2. The zero-order valence-corrected chi connectivity index (χ0v) is 7.01. The Morgan fingerprint density at radius 2 is 2.50 bits per heavy atom. The van der Waals surface area contributed by atoms with Crippen LogP contribution < -0.4 is 0 Å². The molecule has 0 saturated heterocycles. The first-order chi connectivity index (χ1) is 5.84. The molecule has 0 fully saturated rings. The lowest BCUT2D eigenvalue weighted by molar-refractivity contribution is -0.107. The van der Waals surface area contributed by atoms with Crippen molar-refractivity contribution in [1.82, 2.24) is 4.98 Å². The molecule has 0 aliphatic rings. The average Bonchev–Trinajstić information content (AvgIpc) is 2.09. The van der Waals surface area contributed by atoms with Crippen LogP contribution in [0, 0.1) is 11.8 Å². The van der Waals surface area contributed by atoms with Gasteiger partial charge in [-0.2, -0.15) is 0 Å². The van der Waals surface area contributed by atoms with E-state index in [1.807, 2.05) is 0 Å². The summed E-state index contributed by atoms with van der Waals surface area (Å²) >= 11 is 5.75. The maximum absolute atomic E-state index is 9.93. The summed E-state index contributed by atoms with van der Waals surface area (Å²) in [6.07, 6.45) is 4.12. The van der Waals surface area contributed by atoms with E-state index in [4.69, 9.17) is 11.6 Å². The molecule has 0 aliphatic carbocycles. The number of pyridine rings is 1. The molecule has 3 heteroatoms. The Hall–Kier alpha value is -1.33. The van der Waals surface area contributed by atoms with Gasteiger partial charge in [0.1, 0.15) is 6.29 Å². The minimum atomic E-state index is 0.235. The molecule has 2 nitrogen and oxygen atoms in total. The van der Waals surface area contributed by atoms with Crippen molar-refractivity contribution in [2.45, 2.75) is 6.42 Å². The maximum atomic E-state index is 9.93. The number of rotatable bonds is 1. The molecular weight excluding hydrogens is 174 g/mol. The van der Waals surface area contributed by atoms with Gasteiger partial charge < -0.3 is 4.79 Å². The molecule has 1 rings (SSSR count). The van der Waals surface area contributed by atoms with E-state index in [1.165, 1.54) is 6.20 Å². The molecule has 1 aromatic rings. The second kappa shape index (κ2) is 4.53. The van der Waals surface area contributed by atoms with Crippen molar-refractivity contribution in [2.75, 3.05) is 0 Å². The van der Waals surface area contributed by atoms with Gasteiger partial charge in [-0.05, 0) is 6.07 Å². The lowest BCUT2D eigenvalue weighted by Gasteiger charge is -1.90. The third-order valence-corrected chi connectivity index (χ3v) is 1.48. The molecule has 0 spiro atoms. The van der Waals surface area contributed by atoms with Gasteiger partial charge >= 0.3 is 0 Å². The zero-order valence-electron chi connectivity index (χ0n) is 6.25. The Balaban J connectivity index is 2.84. The monoisotopic (exact) mass is 179 g/mol. The number of aromatic nitrogens is 1. The molecule has 0 bridgehead atoms. The fourth-order valence-electron chi connectivity index (χ4n) is 0.664. The highest BCUT2D eigenvalue weighted by molar-refractivity contribution is 6.31. The summed E-state index contributed by atoms with van der Waals surface area (Å²) in [5.41, 5.74) is 0.702. The summed E-state index contributed by atoms with van der Waals surface area (Å²) in [5.74, 6) is 5.42. The number of carbonyl (C=O) groups is 1. The van der Waals surface area contributed by atoms with Gasteiger partial charge in [0.05, 0.1) is 11.4 Å². The van der Waals surface area contributed by atoms with Gasteiger partial charge in [-0.3, -0.25) is 4.98 Å². The molecule has 0 aromatic carbocycles. The first kappa shape index (κ1) is 8.76. The Kier molecular flexibility index (Phi) is 3.31.